The fourth-order valence-corrected chi connectivity index (χ4v) is 2.96. The van der Waals surface area contributed by atoms with Crippen molar-refractivity contribution in [3.05, 3.63) is 0 Å². The number of carbonyl (C=O) groups is 1. The van der Waals surface area contributed by atoms with E-state index in [0.717, 1.165) is 25.8 Å². The molecule has 3 heteroatoms. The largest absolute Gasteiger partial charge is 0.326 e. The summed E-state index contributed by atoms with van der Waals surface area (Å²) < 4.78 is 0. The van der Waals surface area contributed by atoms with E-state index in [1.165, 1.54) is 19.3 Å². The van der Waals surface area contributed by atoms with Crippen LogP contribution in [0.3, 0.4) is 0 Å². The number of amides is 1. The van der Waals surface area contributed by atoms with Crippen LogP contribution in [0.1, 0.15) is 73.1 Å². The van der Waals surface area contributed by atoms with E-state index in [1.54, 1.807) is 0 Å². The summed E-state index contributed by atoms with van der Waals surface area (Å²) in [7, 11) is 0. The van der Waals surface area contributed by atoms with Gasteiger partial charge in [0.25, 0.3) is 0 Å². The van der Waals surface area contributed by atoms with Gasteiger partial charge in [0.05, 0.1) is 12.2 Å². The molecule has 0 radical (unpaired) electrons. The molecule has 1 saturated heterocycles. The van der Waals surface area contributed by atoms with E-state index in [2.05, 4.69) is 44.8 Å². The van der Waals surface area contributed by atoms with Crippen LogP contribution in [0, 0.1) is 11.8 Å². The summed E-state index contributed by atoms with van der Waals surface area (Å²) in [5, 5.41) is 3.59. The molecule has 0 saturated carbocycles. The van der Waals surface area contributed by atoms with Gasteiger partial charge in [0.2, 0.25) is 5.91 Å². The lowest BCUT2D eigenvalue weighted by atomic mass is 9.99. The minimum atomic E-state index is 0.0370. The highest BCUT2D eigenvalue weighted by Gasteiger charge is 2.40. The Kier molecular flexibility index (Phi) is 7.57. The Morgan fingerprint density at radius 1 is 1.15 bits per heavy atom. The molecule has 0 aromatic rings. The summed E-state index contributed by atoms with van der Waals surface area (Å²) in [6.07, 6.45) is 7.28. The average molecular weight is 282 g/mol. The van der Waals surface area contributed by atoms with Crippen LogP contribution in [0.15, 0.2) is 0 Å². The Labute approximate surface area is 125 Å². The van der Waals surface area contributed by atoms with E-state index in [0.29, 0.717) is 17.7 Å². The molecule has 1 aliphatic heterocycles. The molecule has 1 N–H and O–H groups in total. The van der Waals surface area contributed by atoms with Gasteiger partial charge in [-0.15, -0.1) is 0 Å². The second-order valence-corrected chi connectivity index (χ2v) is 6.77. The Morgan fingerprint density at radius 3 is 2.40 bits per heavy atom. The predicted molar refractivity (Wildman–Crippen MR) is 85.5 cm³/mol. The maximum atomic E-state index is 12.6. The van der Waals surface area contributed by atoms with E-state index in [1.807, 2.05) is 0 Å². The zero-order chi connectivity index (χ0) is 15.1. The predicted octanol–water partition coefficient (Wildman–Crippen LogP) is 3.79. The molecule has 1 fully saturated rings. The molecule has 0 bridgehead atoms. The Hall–Kier alpha value is -0.570. The number of hydrogen-bond donors (Lipinski definition) is 1. The Balaban J connectivity index is 2.62. The van der Waals surface area contributed by atoms with Crippen molar-refractivity contribution in [2.24, 2.45) is 11.8 Å². The van der Waals surface area contributed by atoms with Crippen LogP contribution in [-0.2, 0) is 4.79 Å². The topological polar surface area (TPSA) is 32.3 Å². The normalized spacial score (nSPS) is 24.7. The first-order valence-corrected chi connectivity index (χ1v) is 8.57. The lowest BCUT2D eigenvalue weighted by molar-refractivity contribution is -0.131. The van der Waals surface area contributed by atoms with Crippen molar-refractivity contribution in [3.8, 4) is 0 Å². The summed E-state index contributed by atoms with van der Waals surface area (Å²) in [5.74, 6) is 1.38. The molecule has 0 aliphatic carbocycles. The lowest BCUT2D eigenvalue weighted by Crippen LogP contribution is -2.39. The van der Waals surface area contributed by atoms with E-state index in [9.17, 15) is 4.79 Å². The number of unbranched alkanes of at least 4 members (excludes halogenated alkanes) is 3. The van der Waals surface area contributed by atoms with Crippen LogP contribution < -0.4 is 5.32 Å². The van der Waals surface area contributed by atoms with Crippen molar-refractivity contribution in [3.63, 3.8) is 0 Å². The van der Waals surface area contributed by atoms with E-state index in [4.69, 9.17) is 0 Å². The number of carbonyl (C=O) groups excluding carboxylic acids is 1. The van der Waals surface area contributed by atoms with Crippen LogP contribution in [0.2, 0.25) is 0 Å². The van der Waals surface area contributed by atoms with Crippen LogP contribution >= 0.6 is 0 Å². The minimum absolute atomic E-state index is 0.0370. The molecule has 1 rings (SSSR count). The molecule has 20 heavy (non-hydrogen) atoms. The fourth-order valence-electron chi connectivity index (χ4n) is 2.96. The third kappa shape index (κ3) is 4.76. The Bertz CT molecular complexity index is 291. The fraction of sp³-hybridized carbons (Fsp3) is 0.941. The van der Waals surface area contributed by atoms with E-state index < -0.39 is 0 Å². The molecule has 0 aromatic heterocycles. The highest BCUT2D eigenvalue weighted by atomic mass is 16.2. The van der Waals surface area contributed by atoms with Gasteiger partial charge in [0.1, 0.15) is 0 Å². The Morgan fingerprint density at radius 2 is 1.85 bits per heavy atom. The molecule has 1 amide bonds. The molecule has 0 spiro atoms. The minimum Gasteiger partial charge on any atom is -0.326 e. The molecular weight excluding hydrogens is 248 g/mol. The highest BCUT2D eigenvalue weighted by Crippen LogP contribution is 2.23. The van der Waals surface area contributed by atoms with E-state index >= 15 is 0 Å². The molecule has 3 unspecified atom stereocenters. The molecular formula is C17H34N2O. The van der Waals surface area contributed by atoms with Gasteiger partial charge in [-0.1, -0.05) is 60.3 Å². The lowest BCUT2D eigenvalue weighted by Gasteiger charge is -2.25. The number of hydrogen-bond acceptors (Lipinski definition) is 2. The molecule has 3 nitrogen and oxygen atoms in total. The number of nitrogens with zero attached hydrogens (tertiary/aromatic N) is 1. The zero-order valence-electron chi connectivity index (χ0n) is 14.1. The zero-order valence-corrected chi connectivity index (χ0v) is 14.1. The van der Waals surface area contributed by atoms with Gasteiger partial charge < -0.3 is 4.90 Å². The summed E-state index contributed by atoms with van der Waals surface area (Å²) in [5.41, 5.74) is 0. The quantitative estimate of drug-likeness (QED) is 0.653. The third-order valence-electron chi connectivity index (χ3n) is 4.46. The first-order valence-electron chi connectivity index (χ1n) is 8.57. The van der Waals surface area contributed by atoms with Crippen LogP contribution in [0.4, 0.5) is 0 Å². The van der Waals surface area contributed by atoms with Crippen molar-refractivity contribution in [1.82, 2.24) is 10.2 Å². The average Bonchev–Trinajstić information content (AvgIpc) is 2.70. The maximum absolute atomic E-state index is 12.6. The van der Waals surface area contributed by atoms with E-state index in [-0.39, 0.29) is 12.2 Å². The van der Waals surface area contributed by atoms with Gasteiger partial charge in [-0.25, -0.2) is 0 Å². The SMILES string of the molecule is CCCCCCN1C(=O)C(C(C)CC)NC1CC(C)C. The summed E-state index contributed by atoms with van der Waals surface area (Å²) in [6, 6.07) is 0.0370. The van der Waals surface area contributed by atoms with Gasteiger partial charge in [0, 0.05) is 6.54 Å². The molecule has 1 heterocycles. The standard InChI is InChI=1S/C17H34N2O/c1-6-8-9-10-11-19-15(12-13(3)4)18-16(17(19)20)14(5)7-2/h13-16,18H,6-12H2,1-5H3. The third-order valence-corrected chi connectivity index (χ3v) is 4.46. The first kappa shape index (κ1) is 17.5. The number of nitrogens with one attached hydrogen (secondary N) is 1. The summed E-state index contributed by atoms with van der Waals surface area (Å²) >= 11 is 0. The van der Waals surface area contributed by atoms with Crippen LogP contribution in [-0.4, -0.2) is 29.6 Å². The van der Waals surface area contributed by atoms with Crippen molar-refractivity contribution < 1.29 is 4.79 Å². The summed E-state index contributed by atoms with van der Waals surface area (Å²) in [4.78, 5) is 14.7. The first-order chi connectivity index (χ1) is 9.51. The molecule has 3 atom stereocenters. The molecule has 1 aliphatic rings. The van der Waals surface area contributed by atoms with Crippen molar-refractivity contribution >= 4 is 5.91 Å². The molecule has 0 aromatic carbocycles. The van der Waals surface area contributed by atoms with Gasteiger partial charge in [-0.3, -0.25) is 10.1 Å². The van der Waals surface area contributed by atoms with Gasteiger partial charge in [0.15, 0.2) is 0 Å². The molecule has 118 valence electrons. The van der Waals surface area contributed by atoms with Crippen molar-refractivity contribution in [1.29, 1.82) is 0 Å². The monoisotopic (exact) mass is 282 g/mol. The maximum Gasteiger partial charge on any atom is 0.241 e. The van der Waals surface area contributed by atoms with Gasteiger partial charge in [-0.05, 0) is 24.7 Å². The summed E-state index contributed by atoms with van der Waals surface area (Å²) in [6.45, 7) is 12.0. The van der Waals surface area contributed by atoms with Crippen LogP contribution in [0.5, 0.6) is 0 Å². The smallest absolute Gasteiger partial charge is 0.241 e. The second kappa shape index (κ2) is 8.66. The number of rotatable bonds is 9. The van der Waals surface area contributed by atoms with Crippen LogP contribution in [0.25, 0.3) is 0 Å². The van der Waals surface area contributed by atoms with Crippen molar-refractivity contribution in [2.75, 3.05) is 6.54 Å². The second-order valence-electron chi connectivity index (χ2n) is 6.77. The van der Waals surface area contributed by atoms with Gasteiger partial charge in [-0.2, -0.15) is 0 Å². The van der Waals surface area contributed by atoms with Gasteiger partial charge >= 0.3 is 0 Å². The highest BCUT2D eigenvalue weighted by molar-refractivity contribution is 5.84. The van der Waals surface area contributed by atoms with Crippen molar-refractivity contribution in [2.45, 2.75) is 85.4 Å².